The lowest BCUT2D eigenvalue weighted by Crippen LogP contribution is -2.58. The van der Waals surface area contributed by atoms with Crippen molar-refractivity contribution in [3.8, 4) is 0 Å². The summed E-state index contributed by atoms with van der Waals surface area (Å²) in [4.78, 5) is 14.5. The molecule has 104 valence electrons. The molecule has 0 bridgehead atoms. The van der Waals surface area contributed by atoms with Crippen molar-refractivity contribution in [3.63, 3.8) is 0 Å². The van der Waals surface area contributed by atoms with Crippen molar-refractivity contribution in [2.75, 3.05) is 19.7 Å². The van der Waals surface area contributed by atoms with Gasteiger partial charge in [-0.05, 0) is 38.0 Å². The number of aliphatic hydroxyl groups excluding tert-OH is 1. The highest BCUT2D eigenvalue weighted by molar-refractivity contribution is 5.86. The van der Waals surface area contributed by atoms with Crippen LogP contribution in [-0.4, -0.2) is 41.1 Å². The molecule has 2 fully saturated rings. The largest absolute Gasteiger partial charge is 0.396 e. The van der Waals surface area contributed by atoms with Crippen molar-refractivity contribution >= 4 is 5.91 Å². The van der Waals surface area contributed by atoms with Crippen molar-refractivity contribution in [1.82, 2.24) is 4.90 Å². The second kappa shape index (κ2) is 6.02. The fraction of sp³-hybridized carbons (Fsp3) is 0.929. The monoisotopic (exact) mass is 254 g/mol. The predicted molar refractivity (Wildman–Crippen MR) is 71.0 cm³/mol. The number of hydrogen-bond acceptors (Lipinski definition) is 3. The van der Waals surface area contributed by atoms with Crippen LogP contribution in [-0.2, 0) is 4.79 Å². The van der Waals surface area contributed by atoms with Gasteiger partial charge in [-0.15, -0.1) is 0 Å². The van der Waals surface area contributed by atoms with Gasteiger partial charge in [-0.25, -0.2) is 0 Å². The maximum absolute atomic E-state index is 12.6. The van der Waals surface area contributed by atoms with Gasteiger partial charge in [0.05, 0.1) is 5.54 Å². The van der Waals surface area contributed by atoms with Gasteiger partial charge in [0.25, 0.3) is 0 Å². The Kier molecular flexibility index (Phi) is 4.62. The molecular weight excluding hydrogens is 228 g/mol. The second-order valence-corrected chi connectivity index (χ2v) is 5.99. The van der Waals surface area contributed by atoms with Crippen LogP contribution >= 0.6 is 0 Å². The summed E-state index contributed by atoms with van der Waals surface area (Å²) in [6.45, 7) is 1.86. The Morgan fingerprint density at radius 1 is 1.28 bits per heavy atom. The Labute approximate surface area is 110 Å². The SMILES string of the molecule is NC1(C(=O)N2CCCC(CCO)C2)CCCCC1. The molecule has 0 radical (unpaired) electrons. The quantitative estimate of drug-likeness (QED) is 0.797. The first-order chi connectivity index (χ1) is 8.65. The molecule has 0 spiro atoms. The number of nitrogens with zero attached hydrogens (tertiary/aromatic N) is 1. The number of hydrogen-bond donors (Lipinski definition) is 2. The van der Waals surface area contributed by atoms with Crippen LogP contribution in [0.25, 0.3) is 0 Å². The lowest BCUT2D eigenvalue weighted by Gasteiger charge is -2.40. The van der Waals surface area contributed by atoms with Crippen molar-refractivity contribution in [2.24, 2.45) is 11.7 Å². The van der Waals surface area contributed by atoms with E-state index in [0.717, 1.165) is 58.0 Å². The maximum Gasteiger partial charge on any atom is 0.242 e. The van der Waals surface area contributed by atoms with E-state index < -0.39 is 5.54 Å². The van der Waals surface area contributed by atoms with Gasteiger partial charge in [0, 0.05) is 19.7 Å². The molecule has 1 aliphatic heterocycles. The summed E-state index contributed by atoms with van der Waals surface area (Å²) in [5, 5.41) is 9.01. The first-order valence-corrected chi connectivity index (χ1v) is 7.35. The van der Waals surface area contributed by atoms with Crippen molar-refractivity contribution in [3.05, 3.63) is 0 Å². The molecule has 3 N–H and O–H groups in total. The van der Waals surface area contributed by atoms with Crippen LogP contribution in [0, 0.1) is 5.92 Å². The van der Waals surface area contributed by atoms with Crippen LogP contribution in [0.15, 0.2) is 0 Å². The summed E-state index contributed by atoms with van der Waals surface area (Å²) in [7, 11) is 0. The van der Waals surface area contributed by atoms with Crippen LogP contribution < -0.4 is 5.73 Å². The van der Waals surface area contributed by atoms with E-state index in [4.69, 9.17) is 10.8 Å². The Hall–Kier alpha value is -0.610. The first-order valence-electron chi connectivity index (χ1n) is 7.35. The number of likely N-dealkylation sites (tertiary alicyclic amines) is 1. The number of piperidine rings is 1. The minimum atomic E-state index is -0.598. The van der Waals surface area contributed by atoms with Crippen LogP contribution in [0.2, 0.25) is 0 Å². The van der Waals surface area contributed by atoms with E-state index >= 15 is 0 Å². The van der Waals surface area contributed by atoms with Crippen molar-refractivity contribution in [2.45, 2.75) is 56.9 Å². The number of aliphatic hydroxyl groups is 1. The highest BCUT2D eigenvalue weighted by Gasteiger charge is 2.39. The summed E-state index contributed by atoms with van der Waals surface area (Å²) < 4.78 is 0. The van der Waals surface area contributed by atoms with Gasteiger partial charge in [-0.3, -0.25) is 4.79 Å². The third-order valence-electron chi connectivity index (χ3n) is 4.52. The second-order valence-electron chi connectivity index (χ2n) is 5.99. The van der Waals surface area contributed by atoms with E-state index in [-0.39, 0.29) is 12.5 Å². The molecule has 4 nitrogen and oxygen atoms in total. The van der Waals surface area contributed by atoms with Crippen LogP contribution in [0.5, 0.6) is 0 Å². The van der Waals surface area contributed by atoms with Crippen molar-refractivity contribution < 1.29 is 9.90 Å². The van der Waals surface area contributed by atoms with E-state index in [0.29, 0.717) is 5.92 Å². The zero-order chi connectivity index (χ0) is 13.0. The third-order valence-corrected chi connectivity index (χ3v) is 4.52. The number of rotatable bonds is 3. The van der Waals surface area contributed by atoms with E-state index in [9.17, 15) is 4.79 Å². The maximum atomic E-state index is 12.6. The molecule has 2 rings (SSSR count). The smallest absolute Gasteiger partial charge is 0.242 e. The minimum Gasteiger partial charge on any atom is -0.396 e. The van der Waals surface area contributed by atoms with Crippen molar-refractivity contribution in [1.29, 1.82) is 0 Å². The van der Waals surface area contributed by atoms with Gasteiger partial charge >= 0.3 is 0 Å². The molecule has 2 aliphatic rings. The molecule has 1 saturated heterocycles. The number of carbonyl (C=O) groups excluding carboxylic acids is 1. The first kappa shape index (κ1) is 13.8. The lowest BCUT2D eigenvalue weighted by molar-refractivity contribution is -0.140. The molecule has 1 aliphatic carbocycles. The Morgan fingerprint density at radius 2 is 2.00 bits per heavy atom. The zero-order valence-electron chi connectivity index (χ0n) is 11.2. The van der Waals surface area contributed by atoms with Crippen LogP contribution in [0.3, 0.4) is 0 Å². The Balaban J connectivity index is 1.95. The standard InChI is InChI=1S/C14H26N2O2/c15-14(7-2-1-3-8-14)13(18)16-9-4-5-12(11-16)6-10-17/h12,17H,1-11,15H2. The number of nitrogens with two attached hydrogens (primary N) is 1. The predicted octanol–water partition coefficient (Wildman–Crippen LogP) is 1.27. The van der Waals surface area contributed by atoms with E-state index in [2.05, 4.69) is 0 Å². The van der Waals surface area contributed by atoms with Gasteiger partial charge in [-0.1, -0.05) is 19.3 Å². The topological polar surface area (TPSA) is 66.6 Å². The van der Waals surface area contributed by atoms with Gasteiger partial charge < -0.3 is 15.7 Å². The van der Waals surface area contributed by atoms with E-state index in [1.807, 2.05) is 4.90 Å². The summed E-state index contributed by atoms with van der Waals surface area (Å²) in [6.07, 6.45) is 8.03. The summed E-state index contributed by atoms with van der Waals surface area (Å²) in [5.74, 6) is 0.615. The van der Waals surface area contributed by atoms with Crippen LogP contribution in [0.4, 0.5) is 0 Å². The molecule has 0 aromatic rings. The fourth-order valence-electron chi connectivity index (χ4n) is 3.38. The Morgan fingerprint density at radius 3 is 2.67 bits per heavy atom. The molecule has 1 saturated carbocycles. The molecule has 1 heterocycles. The van der Waals surface area contributed by atoms with Gasteiger partial charge in [0.2, 0.25) is 5.91 Å². The highest BCUT2D eigenvalue weighted by Crippen LogP contribution is 2.29. The van der Waals surface area contributed by atoms with Gasteiger partial charge in [0.1, 0.15) is 0 Å². The molecule has 4 heteroatoms. The van der Waals surface area contributed by atoms with Gasteiger partial charge in [-0.2, -0.15) is 0 Å². The molecule has 1 amide bonds. The zero-order valence-corrected chi connectivity index (χ0v) is 11.2. The van der Waals surface area contributed by atoms with E-state index in [1.165, 1.54) is 6.42 Å². The summed E-state index contributed by atoms with van der Waals surface area (Å²) in [5.41, 5.74) is 5.71. The average molecular weight is 254 g/mol. The molecule has 1 unspecified atom stereocenters. The molecule has 1 atom stereocenters. The minimum absolute atomic E-state index is 0.157. The highest BCUT2D eigenvalue weighted by atomic mass is 16.3. The molecule has 18 heavy (non-hydrogen) atoms. The molecule has 0 aromatic carbocycles. The van der Waals surface area contributed by atoms with Gasteiger partial charge in [0.15, 0.2) is 0 Å². The normalized spacial score (nSPS) is 28.1. The third kappa shape index (κ3) is 3.04. The fourth-order valence-corrected chi connectivity index (χ4v) is 3.38. The molecular formula is C14H26N2O2. The molecule has 0 aromatic heterocycles. The van der Waals surface area contributed by atoms with E-state index in [1.54, 1.807) is 0 Å². The summed E-state index contributed by atoms with van der Waals surface area (Å²) in [6, 6.07) is 0. The van der Waals surface area contributed by atoms with Crippen LogP contribution in [0.1, 0.15) is 51.4 Å². The number of carbonyl (C=O) groups is 1. The summed E-state index contributed by atoms with van der Waals surface area (Å²) >= 11 is 0. The lowest BCUT2D eigenvalue weighted by atomic mass is 9.80. The number of amides is 1. The Bertz CT molecular complexity index is 286. The average Bonchev–Trinajstić information content (AvgIpc) is 2.39.